The fourth-order valence-electron chi connectivity index (χ4n) is 4.55. The Hall–Kier alpha value is -2.70. The second kappa shape index (κ2) is 35.2. The summed E-state index contributed by atoms with van der Waals surface area (Å²) >= 11 is 0. The van der Waals surface area contributed by atoms with Crippen LogP contribution >= 0.6 is 0 Å². The molecule has 0 spiro atoms. The van der Waals surface area contributed by atoms with Crippen LogP contribution in [0.3, 0.4) is 0 Å². The highest BCUT2D eigenvalue weighted by atomic mass is 16.6. The molecule has 0 saturated heterocycles. The highest BCUT2D eigenvalue weighted by Gasteiger charge is 2.11. The Balaban J connectivity index is 3.72. The summed E-state index contributed by atoms with van der Waals surface area (Å²) in [6.45, 7) is 4.01. The van der Waals surface area contributed by atoms with Crippen molar-refractivity contribution in [1.82, 2.24) is 0 Å². The second-order valence-corrected chi connectivity index (χ2v) is 11.8. The van der Waals surface area contributed by atoms with Crippen LogP contribution in [-0.4, -0.2) is 47.6 Å². The van der Waals surface area contributed by atoms with Gasteiger partial charge in [-0.3, -0.25) is 9.59 Å². The van der Waals surface area contributed by atoms with Gasteiger partial charge in [0.25, 0.3) is 0 Å². The van der Waals surface area contributed by atoms with Gasteiger partial charge < -0.3 is 19.7 Å². The summed E-state index contributed by atoms with van der Waals surface area (Å²) in [7, 11) is 0. The molecule has 1 unspecified atom stereocenters. The van der Waals surface area contributed by atoms with Crippen LogP contribution in [-0.2, 0) is 19.1 Å². The fraction of sp³-hybridized carbons (Fsp3) is 0.650. The molecule has 0 bridgehead atoms. The lowest BCUT2D eigenvalue weighted by Gasteiger charge is -2.12. The molecular weight excluding hydrogens is 576 g/mol. The van der Waals surface area contributed by atoms with Crippen molar-refractivity contribution in [3.63, 3.8) is 0 Å². The average molecular weight is 643 g/mol. The third-order valence-corrected chi connectivity index (χ3v) is 7.30. The van der Waals surface area contributed by atoms with Gasteiger partial charge in [0.15, 0.2) is 0 Å². The zero-order valence-corrected chi connectivity index (χ0v) is 29.2. The van der Waals surface area contributed by atoms with E-state index in [0.717, 1.165) is 44.9 Å². The van der Waals surface area contributed by atoms with Crippen LogP contribution in [0.5, 0.6) is 0 Å². The number of hydrogen-bond acceptors (Lipinski definition) is 6. The number of esters is 2. The lowest BCUT2D eigenvalue weighted by atomic mass is 10.0. The first-order valence-corrected chi connectivity index (χ1v) is 18.1. The van der Waals surface area contributed by atoms with Gasteiger partial charge in [-0.1, -0.05) is 157 Å². The van der Waals surface area contributed by atoms with Gasteiger partial charge in [-0.05, 0) is 44.9 Å². The van der Waals surface area contributed by atoms with Crippen LogP contribution in [0.25, 0.3) is 0 Å². The highest BCUT2D eigenvalue weighted by Crippen LogP contribution is 2.13. The number of hydrogen-bond donors (Lipinski definition) is 2. The highest BCUT2D eigenvalue weighted by molar-refractivity contribution is 5.70. The van der Waals surface area contributed by atoms with Crippen LogP contribution in [0.15, 0.2) is 72.9 Å². The van der Waals surface area contributed by atoms with E-state index in [1.54, 1.807) is 6.08 Å². The molecule has 46 heavy (non-hydrogen) atoms. The molecule has 0 rings (SSSR count). The van der Waals surface area contributed by atoms with E-state index in [1.807, 2.05) is 30.4 Å². The molecule has 0 radical (unpaired) electrons. The lowest BCUT2D eigenvalue weighted by Crippen LogP contribution is -2.25. The van der Waals surface area contributed by atoms with E-state index < -0.39 is 18.2 Å². The molecule has 0 aliphatic heterocycles. The van der Waals surface area contributed by atoms with Crippen LogP contribution < -0.4 is 0 Å². The van der Waals surface area contributed by atoms with Gasteiger partial charge >= 0.3 is 11.9 Å². The van der Waals surface area contributed by atoms with E-state index in [4.69, 9.17) is 9.47 Å². The maximum Gasteiger partial charge on any atom is 0.306 e. The maximum atomic E-state index is 11.9. The monoisotopic (exact) mass is 642 g/mol. The smallest absolute Gasteiger partial charge is 0.306 e. The molecule has 0 aliphatic rings. The summed E-state index contributed by atoms with van der Waals surface area (Å²) in [5.41, 5.74) is 0. The van der Waals surface area contributed by atoms with Crippen molar-refractivity contribution < 1.29 is 29.3 Å². The fourth-order valence-corrected chi connectivity index (χ4v) is 4.55. The summed E-state index contributed by atoms with van der Waals surface area (Å²) in [5.74, 6) is -0.746. The molecule has 0 aliphatic carbocycles. The number of rotatable bonds is 31. The summed E-state index contributed by atoms with van der Waals surface area (Å²) in [5, 5.41) is 20.0. The van der Waals surface area contributed by atoms with E-state index in [1.165, 1.54) is 57.8 Å². The second-order valence-electron chi connectivity index (χ2n) is 11.8. The minimum atomic E-state index is -1.03. The standard InChI is InChI=1S/C40H66O6/c1-3-5-7-9-11-13-15-17-18-20-22-24-27-31-37(41)32-28-26-30-34-40(44)46-36-38(42)35-45-39(43)33-29-25-23-21-19-16-14-12-10-8-6-4-2/h5,7,11,13,17-18,22,24,26-28,31,37-38,41-42H,3-4,6,8-10,12,14-16,19-21,23,25,29-30,32-36H2,1-2H3/b7-5-,13-11-,18-17-,24-22-,28-26-,31-27-/t37?,38-/m0/s1. The van der Waals surface area contributed by atoms with Crippen LogP contribution in [0.1, 0.15) is 142 Å². The quantitative estimate of drug-likeness (QED) is 0.0338. The first-order chi connectivity index (χ1) is 22.5. The predicted molar refractivity (Wildman–Crippen MR) is 192 cm³/mol. The predicted octanol–water partition coefficient (Wildman–Crippen LogP) is 9.97. The number of allylic oxidation sites excluding steroid dienone is 10. The molecule has 0 aromatic carbocycles. The van der Waals surface area contributed by atoms with Crippen molar-refractivity contribution in [2.24, 2.45) is 0 Å². The van der Waals surface area contributed by atoms with Crippen LogP contribution in [0.4, 0.5) is 0 Å². The molecule has 0 heterocycles. The first-order valence-electron chi connectivity index (χ1n) is 18.1. The van der Waals surface area contributed by atoms with Crippen molar-refractivity contribution >= 4 is 11.9 Å². The lowest BCUT2D eigenvalue weighted by molar-refractivity contribution is -0.152. The molecule has 6 heteroatoms. The number of unbranched alkanes of at least 4 members (excludes halogenated alkanes) is 11. The number of ether oxygens (including phenoxy) is 2. The van der Waals surface area contributed by atoms with E-state index in [-0.39, 0.29) is 25.6 Å². The summed E-state index contributed by atoms with van der Waals surface area (Å²) in [6, 6.07) is 0. The third-order valence-electron chi connectivity index (χ3n) is 7.30. The molecule has 0 saturated carbocycles. The van der Waals surface area contributed by atoms with Crippen molar-refractivity contribution in [1.29, 1.82) is 0 Å². The van der Waals surface area contributed by atoms with Crippen molar-refractivity contribution in [3.05, 3.63) is 72.9 Å². The number of carbonyl (C=O) groups is 2. The number of aliphatic hydroxyl groups is 2. The molecule has 262 valence electrons. The average Bonchev–Trinajstić information content (AvgIpc) is 3.05. The topological polar surface area (TPSA) is 93.1 Å². The molecule has 6 nitrogen and oxygen atoms in total. The maximum absolute atomic E-state index is 11.9. The Labute approximate surface area is 281 Å². The summed E-state index contributed by atoms with van der Waals surface area (Å²) in [4.78, 5) is 23.8. The minimum absolute atomic E-state index is 0.170. The Morgan fingerprint density at radius 2 is 1.07 bits per heavy atom. The molecular formula is C40H66O6. The van der Waals surface area contributed by atoms with Gasteiger partial charge in [0.05, 0.1) is 6.10 Å². The van der Waals surface area contributed by atoms with Gasteiger partial charge in [0.2, 0.25) is 0 Å². The summed E-state index contributed by atoms with van der Waals surface area (Å²) < 4.78 is 10.2. The SMILES string of the molecule is CC/C=C\C/C=C\C/C=C\C/C=C\C=C/C(O)C/C=C\CCC(=O)OC[C@@H](O)COC(=O)CCCCCCCCCCCCCC. The first kappa shape index (κ1) is 43.3. The molecule has 2 atom stereocenters. The Morgan fingerprint density at radius 1 is 0.565 bits per heavy atom. The van der Waals surface area contributed by atoms with E-state index in [9.17, 15) is 19.8 Å². The molecule has 0 aromatic heterocycles. The third kappa shape index (κ3) is 34.2. The van der Waals surface area contributed by atoms with Gasteiger partial charge in [-0.15, -0.1) is 0 Å². The van der Waals surface area contributed by atoms with Crippen molar-refractivity contribution in [2.45, 2.75) is 154 Å². The van der Waals surface area contributed by atoms with Crippen LogP contribution in [0, 0.1) is 0 Å². The van der Waals surface area contributed by atoms with E-state index in [0.29, 0.717) is 19.3 Å². The van der Waals surface area contributed by atoms with Gasteiger partial charge in [-0.25, -0.2) is 0 Å². The number of aliphatic hydroxyl groups excluding tert-OH is 2. The van der Waals surface area contributed by atoms with Gasteiger partial charge in [0.1, 0.15) is 19.3 Å². The molecule has 0 aromatic rings. The zero-order valence-electron chi connectivity index (χ0n) is 29.2. The molecule has 0 amide bonds. The van der Waals surface area contributed by atoms with E-state index in [2.05, 4.69) is 50.3 Å². The number of carbonyl (C=O) groups excluding carboxylic acids is 2. The Morgan fingerprint density at radius 3 is 1.63 bits per heavy atom. The van der Waals surface area contributed by atoms with E-state index >= 15 is 0 Å². The zero-order chi connectivity index (χ0) is 33.8. The van der Waals surface area contributed by atoms with Gasteiger partial charge in [-0.2, -0.15) is 0 Å². The molecule has 2 N–H and O–H groups in total. The minimum Gasteiger partial charge on any atom is -0.463 e. The van der Waals surface area contributed by atoms with Crippen molar-refractivity contribution in [2.75, 3.05) is 13.2 Å². The van der Waals surface area contributed by atoms with Crippen LogP contribution in [0.2, 0.25) is 0 Å². The largest absolute Gasteiger partial charge is 0.463 e. The summed E-state index contributed by atoms with van der Waals surface area (Å²) in [6.07, 6.45) is 42.7. The van der Waals surface area contributed by atoms with Crippen molar-refractivity contribution in [3.8, 4) is 0 Å². The Kier molecular flexibility index (Phi) is 33.1. The normalized spacial score (nSPS) is 13.7. The van der Waals surface area contributed by atoms with Gasteiger partial charge in [0, 0.05) is 12.8 Å². The molecule has 0 fully saturated rings. The Bertz CT molecular complexity index is 882.